The van der Waals surface area contributed by atoms with E-state index in [1.807, 2.05) is 61.5 Å². The number of fused-ring (bicyclic) bond motifs is 1. The molecule has 3 aromatic rings. The maximum atomic E-state index is 13.3. The van der Waals surface area contributed by atoms with Crippen LogP contribution in [-0.4, -0.2) is 39.1 Å². The Bertz CT molecular complexity index is 1270. The highest BCUT2D eigenvalue weighted by molar-refractivity contribution is 6.12. The van der Waals surface area contributed by atoms with Crippen molar-refractivity contribution >= 4 is 23.6 Å². The molecule has 0 atom stereocenters. The topological polar surface area (TPSA) is 77.1 Å². The van der Waals surface area contributed by atoms with Gasteiger partial charge in [0.05, 0.1) is 19.9 Å². The van der Waals surface area contributed by atoms with E-state index in [0.717, 1.165) is 16.7 Å². The number of benzene rings is 3. The lowest BCUT2D eigenvalue weighted by molar-refractivity contribution is -0.123. The van der Waals surface area contributed by atoms with Crippen LogP contribution in [0, 0.1) is 6.92 Å². The van der Waals surface area contributed by atoms with Crippen molar-refractivity contribution in [1.82, 2.24) is 5.32 Å². The van der Waals surface area contributed by atoms with Gasteiger partial charge in [0.15, 0.2) is 23.0 Å². The molecule has 0 saturated heterocycles. The number of para-hydroxylation sites is 2. The number of carbonyl (C=O) groups is 2. The van der Waals surface area contributed by atoms with E-state index < -0.39 is 0 Å². The zero-order chi connectivity index (χ0) is 24.8. The van der Waals surface area contributed by atoms with Crippen LogP contribution in [0.3, 0.4) is 0 Å². The lowest BCUT2D eigenvalue weighted by Gasteiger charge is -2.30. The molecule has 3 aromatic carbocycles. The fraction of sp³-hybridized carbons (Fsp3) is 0.214. The number of aryl methyl sites for hydroxylation is 1. The van der Waals surface area contributed by atoms with Crippen LogP contribution in [0.5, 0.6) is 17.2 Å². The summed E-state index contributed by atoms with van der Waals surface area (Å²) in [4.78, 5) is 27.5. The molecule has 1 N–H and O–H groups in total. The number of hydrogen-bond acceptors (Lipinski definition) is 5. The van der Waals surface area contributed by atoms with Crippen LogP contribution in [0.15, 0.2) is 72.5 Å². The van der Waals surface area contributed by atoms with Gasteiger partial charge in [-0.1, -0.05) is 48.0 Å². The van der Waals surface area contributed by atoms with Gasteiger partial charge in [0.1, 0.15) is 6.54 Å². The largest absolute Gasteiger partial charge is 0.493 e. The van der Waals surface area contributed by atoms with E-state index in [9.17, 15) is 9.59 Å². The first kappa shape index (κ1) is 23.9. The molecule has 0 aliphatic carbocycles. The molecule has 1 aliphatic rings. The number of methoxy groups -OCH3 is 2. The predicted octanol–water partition coefficient (Wildman–Crippen LogP) is 4.14. The Morgan fingerprint density at radius 2 is 1.80 bits per heavy atom. The molecule has 35 heavy (non-hydrogen) atoms. The molecule has 0 unspecified atom stereocenters. The number of nitrogens with one attached hydrogen (secondary N) is 1. The molecule has 7 heteroatoms. The van der Waals surface area contributed by atoms with Gasteiger partial charge in [-0.15, -0.1) is 0 Å². The average Bonchev–Trinajstić information content (AvgIpc) is 2.86. The van der Waals surface area contributed by atoms with Gasteiger partial charge in [-0.3, -0.25) is 14.5 Å². The van der Waals surface area contributed by atoms with Gasteiger partial charge in [-0.25, -0.2) is 0 Å². The molecule has 0 spiro atoms. The fourth-order valence-electron chi connectivity index (χ4n) is 3.91. The first-order chi connectivity index (χ1) is 17.0. The van der Waals surface area contributed by atoms with Gasteiger partial charge in [0.2, 0.25) is 5.91 Å². The van der Waals surface area contributed by atoms with Crippen LogP contribution in [0.1, 0.15) is 16.7 Å². The lowest BCUT2D eigenvalue weighted by Crippen LogP contribution is -2.44. The first-order valence-corrected chi connectivity index (χ1v) is 11.3. The molecule has 1 heterocycles. The number of carbonyl (C=O) groups excluding carboxylic acids is 2. The third-order valence-electron chi connectivity index (χ3n) is 5.66. The highest BCUT2D eigenvalue weighted by Crippen LogP contribution is 2.35. The zero-order valence-corrected chi connectivity index (χ0v) is 20.0. The SMILES string of the molecule is COc1ccc(CCNC(=O)CN2C(=O)/C(=C\c3cccc(C)c3)Oc3ccccc32)cc1OC. The number of nitrogens with zero attached hydrogens (tertiary/aromatic N) is 1. The van der Waals surface area contributed by atoms with E-state index in [1.165, 1.54) is 4.90 Å². The molecule has 2 amide bonds. The molecular weight excluding hydrogens is 444 g/mol. The van der Waals surface area contributed by atoms with Crippen LogP contribution in [0.2, 0.25) is 0 Å². The zero-order valence-electron chi connectivity index (χ0n) is 20.0. The van der Waals surface area contributed by atoms with Crippen LogP contribution in [0.25, 0.3) is 6.08 Å². The molecule has 0 bridgehead atoms. The second-order valence-electron chi connectivity index (χ2n) is 8.17. The van der Waals surface area contributed by atoms with E-state index in [1.54, 1.807) is 32.4 Å². The highest BCUT2D eigenvalue weighted by atomic mass is 16.5. The van der Waals surface area contributed by atoms with Gasteiger partial charge in [-0.2, -0.15) is 0 Å². The third-order valence-corrected chi connectivity index (χ3v) is 5.66. The van der Waals surface area contributed by atoms with Crippen molar-refractivity contribution in [2.24, 2.45) is 0 Å². The molecule has 0 aromatic heterocycles. The Kier molecular flexibility index (Phi) is 7.35. The molecule has 0 saturated carbocycles. The Morgan fingerprint density at radius 1 is 1.00 bits per heavy atom. The first-order valence-electron chi connectivity index (χ1n) is 11.3. The normalized spacial score (nSPS) is 13.7. The van der Waals surface area contributed by atoms with E-state index in [4.69, 9.17) is 14.2 Å². The summed E-state index contributed by atoms with van der Waals surface area (Å²) in [5.74, 6) is 1.38. The van der Waals surface area contributed by atoms with Crippen molar-refractivity contribution in [1.29, 1.82) is 0 Å². The molecule has 0 radical (unpaired) electrons. The second kappa shape index (κ2) is 10.8. The smallest absolute Gasteiger partial charge is 0.294 e. The van der Waals surface area contributed by atoms with Gasteiger partial charge in [0, 0.05) is 6.54 Å². The van der Waals surface area contributed by atoms with Gasteiger partial charge < -0.3 is 19.5 Å². The number of rotatable bonds is 8. The summed E-state index contributed by atoms with van der Waals surface area (Å²) in [5, 5.41) is 2.90. The highest BCUT2D eigenvalue weighted by Gasteiger charge is 2.31. The Balaban J connectivity index is 1.45. The molecule has 0 fully saturated rings. The van der Waals surface area contributed by atoms with Gasteiger partial charge in [-0.05, 0) is 54.8 Å². The molecule has 180 valence electrons. The van der Waals surface area contributed by atoms with Crippen molar-refractivity contribution in [3.8, 4) is 17.2 Å². The molecule has 4 rings (SSSR count). The van der Waals surface area contributed by atoms with Gasteiger partial charge >= 0.3 is 0 Å². The van der Waals surface area contributed by atoms with Gasteiger partial charge in [0.25, 0.3) is 5.91 Å². The fourth-order valence-corrected chi connectivity index (χ4v) is 3.91. The quantitative estimate of drug-likeness (QED) is 0.499. The summed E-state index contributed by atoms with van der Waals surface area (Å²) in [6, 6.07) is 20.6. The van der Waals surface area contributed by atoms with Crippen molar-refractivity contribution in [3.05, 3.63) is 89.2 Å². The molecular formula is C28H28N2O5. The molecule has 1 aliphatic heterocycles. The monoisotopic (exact) mass is 472 g/mol. The van der Waals surface area contributed by atoms with E-state index in [-0.39, 0.29) is 24.1 Å². The van der Waals surface area contributed by atoms with Crippen LogP contribution < -0.4 is 24.4 Å². The summed E-state index contributed by atoms with van der Waals surface area (Å²) in [7, 11) is 3.17. The summed E-state index contributed by atoms with van der Waals surface area (Å²) < 4.78 is 16.5. The summed E-state index contributed by atoms with van der Waals surface area (Å²) >= 11 is 0. The average molecular weight is 473 g/mol. The number of anilines is 1. The van der Waals surface area contributed by atoms with Crippen LogP contribution in [0.4, 0.5) is 5.69 Å². The Labute approximate surface area is 204 Å². The summed E-state index contributed by atoms with van der Waals surface area (Å²) in [6.45, 7) is 2.29. The Morgan fingerprint density at radius 3 is 2.57 bits per heavy atom. The van der Waals surface area contributed by atoms with E-state index in [0.29, 0.717) is 35.9 Å². The predicted molar refractivity (Wildman–Crippen MR) is 135 cm³/mol. The summed E-state index contributed by atoms with van der Waals surface area (Å²) in [6.07, 6.45) is 2.31. The summed E-state index contributed by atoms with van der Waals surface area (Å²) in [5.41, 5.74) is 3.49. The number of amides is 2. The maximum absolute atomic E-state index is 13.3. The maximum Gasteiger partial charge on any atom is 0.294 e. The van der Waals surface area contributed by atoms with E-state index in [2.05, 4.69) is 5.32 Å². The van der Waals surface area contributed by atoms with Crippen LogP contribution >= 0.6 is 0 Å². The second-order valence-corrected chi connectivity index (χ2v) is 8.17. The van der Waals surface area contributed by atoms with Crippen molar-refractivity contribution in [2.45, 2.75) is 13.3 Å². The van der Waals surface area contributed by atoms with Crippen molar-refractivity contribution in [2.75, 3.05) is 32.2 Å². The van der Waals surface area contributed by atoms with E-state index >= 15 is 0 Å². The minimum absolute atomic E-state index is 0.115. The third kappa shape index (κ3) is 5.63. The Hall–Kier alpha value is -4.26. The minimum Gasteiger partial charge on any atom is -0.493 e. The van der Waals surface area contributed by atoms with Crippen molar-refractivity contribution in [3.63, 3.8) is 0 Å². The van der Waals surface area contributed by atoms with Crippen LogP contribution in [-0.2, 0) is 16.0 Å². The van der Waals surface area contributed by atoms with Crippen molar-refractivity contribution < 1.29 is 23.8 Å². The standard InChI is InChI=1S/C28H28N2O5/c1-19-7-6-8-21(15-19)17-26-28(32)30(22-9-4-5-10-23(22)35-26)18-27(31)29-14-13-20-11-12-24(33-2)25(16-20)34-3/h4-12,15-17H,13-14,18H2,1-3H3,(H,29,31)/b26-17+. The minimum atomic E-state index is -0.361. The lowest BCUT2D eigenvalue weighted by atomic mass is 10.1. The number of ether oxygens (including phenoxy) is 3. The number of hydrogen-bond donors (Lipinski definition) is 1. The molecule has 7 nitrogen and oxygen atoms in total.